The van der Waals surface area contributed by atoms with E-state index in [2.05, 4.69) is 39.1 Å². The standard InChI is InChI=1S/C29H49NO3.C2H4O/c1-20(2)7-5-6-8-21-10-12-25-24-11-9-22-19-23(33-27(32)30-17-18-31)13-15-29(22,4)26(24)14-16-28(21,25)3;1-2-3/h9,20-21,23-26,31H,5-8,10-19H2,1-4H3,(H,30,32);2H,1H3. The fourth-order valence-electron chi connectivity index (χ4n) is 8.61. The number of aldehydes is 1. The van der Waals surface area contributed by atoms with Gasteiger partial charge in [-0.3, -0.25) is 0 Å². The molecule has 5 heteroatoms. The van der Waals surface area contributed by atoms with Gasteiger partial charge in [-0.1, -0.05) is 58.6 Å². The Morgan fingerprint density at radius 1 is 1.17 bits per heavy atom. The van der Waals surface area contributed by atoms with E-state index in [9.17, 15) is 4.79 Å². The highest BCUT2D eigenvalue weighted by Crippen LogP contribution is 2.66. The zero-order valence-electron chi connectivity index (χ0n) is 23.7. The van der Waals surface area contributed by atoms with Crippen LogP contribution in [0.4, 0.5) is 4.79 Å². The lowest BCUT2D eigenvalue weighted by Crippen LogP contribution is -2.50. The highest BCUT2D eigenvalue weighted by Gasteiger charge is 2.58. The number of amides is 1. The number of carbonyl (C=O) groups is 2. The number of allylic oxidation sites excluding steroid dienone is 1. The Bertz CT molecular complexity index is 764. The molecule has 0 heterocycles. The number of hydrogen-bond acceptors (Lipinski definition) is 4. The van der Waals surface area contributed by atoms with Crippen molar-refractivity contribution in [1.29, 1.82) is 0 Å². The summed E-state index contributed by atoms with van der Waals surface area (Å²) in [7, 11) is 0. The van der Waals surface area contributed by atoms with Gasteiger partial charge in [-0.15, -0.1) is 0 Å². The molecule has 206 valence electrons. The second-order valence-corrected chi connectivity index (χ2v) is 12.9. The normalized spacial score (nSPS) is 37.0. The average Bonchev–Trinajstić information content (AvgIpc) is 3.17. The van der Waals surface area contributed by atoms with E-state index in [0.29, 0.717) is 10.8 Å². The van der Waals surface area contributed by atoms with E-state index in [1.165, 1.54) is 64.7 Å². The number of aliphatic hydroxyl groups excluding tert-OH is 1. The SMILES string of the molecule is CC(C)CCCCC1CCC2C3CC=C4CC(OC(=O)NCCO)CCC4(C)C3CCC12C.CC=O. The van der Waals surface area contributed by atoms with Crippen LogP contribution in [0.3, 0.4) is 0 Å². The topological polar surface area (TPSA) is 75.6 Å². The number of ether oxygens (including phenoxy) is 1. The van der Waals surface area contributed by atoms with Crippen molar-refractivity contribution in [2.24, 2.45) is 40.4 Å². The van der Waals surface area contributed by atoms with Crippen LogP contribution in [0.15, 0.2) is 11.6 Å². The second kappa shape index (κ2) is 12.9. The summed E-state index contributed by atoms with van der Waals surface area (Å²) in [5.41, 5.74) is 2.41. The summed E-state index contributed by atoms with van der Waals surface area (Å²) < 4.78 is 5.68. The Hall–Kier alpha value is -1.36. The molecule has 1 amide bonds. The molecule has 0 aromatic heterocycles. The van der Waals surface area contributed by atoms with Crippen LogP contribution in [-0.4, -0.2) is 36.7 Å². The van der Waals surface area contributed by atoms with E-state index < -0.39 is 0 Å². The Morgan fingerprint density at radius 3 is 2.61 bits per heavy atom. The maximum atomic E-state index is 12.0. The quantitative estimate of drug-likeness (QED) is 0.211. The summed E-state index contributed by atoms with van der Waals surface area (Å²) in [6.45, 7) is 11.5. The van der Waals surface area contributed by atoms with Crippen LogP contribution in [-0.2, 0) is 9.53 Å². The smallest absolute Gasteiger partial charge is 0.407 e. The van der Waals surface area contributed by atoms with Gasteiger partial charge in [0.05, 0.1) is 6.61 Å². The first kappa shape index (κ1) is 29.2. The van der Waals surface area contributed by atoms with Crippen molar-refractivity contribution in [1.82, 2.24) is 5.32 Å². The number of carbonyl (C=O) groups excluding carboxylic acids is 2. The third kappa shape index (κ3) is 6.37. The van der Waals surface area contributed by atoms with Gasteiger partial charge in [-0.05, 0) is 98.7 Å². The average molecular weight is 504 g/mol. The maximum absolute atomic E-state index is 12.0. The van der Waals surface area contributed by atoms with E-state index in [4.69, 9.17) is 14.6 Å². The first-order valence-corrected chi connectivity index (χ1v) is 14.8. The molecule has 3 fully saturated rings. The Labute approximate surface area is 220 Å². The van der Waals surface area contributed by atoms with Crippen LogP contribution in [0.25, 0.3) is 0 Å². The fraction of sp³-hybridized carbons (Fsp3) is 0.871. The van der Waals surface area contributed by atoms with Crippen LogP contribution in [0, 0.1) is 40.4 Å². The minimum absolute atomic E-state index is 0.0184. The van der Waals surface area contributed by atoms with Crippen molar-refractivity contribution in [3.63, 3.8) is 0 Å². The molecule has 2 N–H and O–H groups in total. The molecule has 0 spiro atoms. The summed E-state index contributed by atoms with van der Waals surface area (Å²) in [4.78, 5) is 20.8. The second-order valence-electron chi connectivity index (χ2n) is 12.9. The molecule has 5 nitrogen and oxygen atoms in total. The molecular weight excluding hydrogens is 450 g/mol. The number of fused-ring (bicyclic) bond motifs is 5. The van der Waals surface area contributed by atoms with Crippen LogP contribution in [0.2, 0.25) is 0 Å². The third-order valence-electron chi connectivity index (χ3n) is 10.5. The van der Waals surface area contributed by atoms with Gasteiger partial charge in [0.2, 0.25) is 0 Å². The highest BCUT2D eigenvalue weighted by molar-refractivity contribution is 5.67. The van der Waals surface area contributed by atoms with E-state index in [1.807, 2.05) is 0 Å². The molecule has 4 rings (SSSR count). The summed E-state index contributed by atoms with van der Waals surface area (Å²) in [6.07, 6.45) is 18.5. The lowest BCUT2D eigenvalue weighted by atomic mass is 9.47. The van der Waals surface area contributed by atoms with Crippen LogP contribution in [0.1, 0.15) is 112 Å². The minimum Gasteiger partial charge on any atom is -0.446 e. The number of alkyl carbamates (subject to hydrolysis) is 1. The van der Waals surface area contributed by atoms with E-state index >= 15 is 0 Å². The number of aliphatic hydroxyl groups is 1. The summed E-state index contributed by atoms with van der Waals surface area (Å²) in [6, 6.07) is 0. The number of unbranched alkanes of at least 4 members (excludes halogenated alkanes) is 1. The number of nitrogens with one attached hydrogen (secondary N) is 1. The predicted octanol–water partition coefficient (Wildman–Crippen LogP) is 7.07. The first-order valence-electron chi connectivity index (χ1n) is 14.8. The Balaban J connectivity index is 0.00000115. The van der Waals surface area contributed by atoms with Crippen LogP contribution >= 0.6 is 0 Å². The monoisotopic (exact) mass is 503 g/mol. The zero-order chi connectivity index (χ0) is 26.3. The van der Waals surface area contributed by atoms with Crippen molar-refractivity contribution in [2.45, 2.75) is 118 Å². The van der Waals surface area contributed by atoms with Gasteiger partial charge in [-0.25, -0.2) is 4.79 Å². The van der Waals surface area contributed by atoms with Crippen molar-refractivity contribution < 1.29 is 19.4 Å². The van der Waals surface area contributed by atoms with Crippen molar-refractivity contribution >= 4 is 12.4 Å². The van der Waals surface area contributed by atoms with Crippen molar-refractivity contribution in [2.75, 3.05) is 13.2 Å². The molecule has 0 radical (unpaired) electrons. The third-order valence-corrected chi connectivity index (χ3v) is 10.5. The molecule has 0 aromatic carbocycles. The van der Waals surface area contributed by atoms with E-state index in [0.717, 1.165) is 55.1 Å². The largest absolute Gasteiger partial charge is 0.446 e. The molecule has 4 aliphatic rings. The summed E-state index contributed by atoms with van der Waals surface area (Å²) in [5, 5.41) is 11.5. The van der Waals surface area contributed by atoms with Gasteiger partial charge < -0.3 is 20.0 Å². The molecule has 7 unspecified atom stereocenters. The number of rotatable bonds is 8. The Morgan fingerprint density at radius 2 is 1.92 bits per heavy atom. The summed E-state index contributed by atoms with van der Waals surface area (Å²) in [5.74, 6) is 4.34. The summed E-state index contributed by atoms with van der Waals surface area (Å²) >= 11 is 0. The van der Waals surface area contributed by atoms with Gasteiger partial charge in [0, 0.05) is 13.0 Å². The molecular formula is C31H53NO4. The zero-order valence-corrected chi connectivity index (χ0v) is 23.7. The van der Waals surface area contributed by atoms with E-state index in [-0.39, 0.29) is 25.3 Å². The molecule has 0 saturated heterocycles. The molecule has 7 atom stereocenters. The predicted molar refractivity (Wildman–Crippen MR) is 146 cm³/mol. The van der Waals surface area contributed by atoms with Crippen molar-refractivity contribution in [3.8, 4) is 0 Å². The first-order chi connectivity index (χ1) is 17.2. The van der Waals surface area contributed by atoms with Crippen LogP contribution < -0.4 is 5.32 Å². The lowest BCUT2D eigenvalue weighted by Gasteiger charge is -2.58. The number of hydrogen-bond donors (Lipinski definition) is 2. The minimum atomic E-state index is -0.384. The van der Waals surface area contributed by atoms with Gasteiger partial charge in [0.25, 0.3) is 0 Å². The molecule has 0 aromatic rings. The molecule has 3 saturated carbocycles. The molecule has 0 bridgehead atoms. The van der Waals surface area contributed by atoms with Gasteiger partial charge in [0.1, 0.15) is 12.4 Å². The van der Waals surface area contributed by atoms with Gasteiger partial charge in [-0.2, -0.15) is 0 Å². The van der Waals surface area contributed by atoms with Crippen molar-refractivity contribution in [3.05, 3.63) is 11.6 Å². The highest BCUT2D eigenvalue weighted by atomic mass is 16.6. The fourth-order valence-corrected chi connectivity index (χ4v) is 8.61. The molecule has 36 heavy (non-hydrogen) atoms. The Kier molecular flexibility index (Phi) is 10.5. The van der Waals surface area contributed by atoms with Gasteiger partial charge >= 0.3 is 6.09 Å². The van der Waals surface area contributed by atoms with Crippen LogP contribution in [0.5, 0.6) is 0 Å². The lowest BCUT2D eigenvalue weighted by molar-refractivity contribution is -0.106. The molecule has 0 aliphatic heterocycles. The van der Waals surface area contributed by atoms with E-state index in [1.54, 1.807) is 5.57 Å². The van der Waals surface area contributed by atoms with Gasteiger partial charge in [0.15, 0.2) is 0 Å². The maximum Gasteiger partial charge on any atom is 0.407 e. The molecule has 4 aliphatic carbocycles.